The molecule has 0 bridgehead atoms. The quantitative estimate of drug-likeness (QED) is 0.881. The summed E-state index contributed by atoms with van der Waals surface area (Å²) in [6, 6.07) is 6.06. The first-order valence-corrected chi connectivity index (χ1v) is 7.26. The lowest BCUT2D eigenvalue weighted by Crippen LogP contribution is -2.24. The van der Waals surface area contributed by atoms with Gasteiger partial charge in [0, 0.05) is 12.6 Å². The first-order chi connectivity index (χ1) is 9.15. The number of rotatable bonds is 5. The molecule has 106 valence electrons. The molecular weight excluding hydrogens is 238 g/mol. The Morgan fingerprint density at radius 3 is 2.95 bits per heavy atom. The van der Waals surface area contributed by atoms with Crippen LogP contribution in [0, 0.1) is 5.92 Å². The second-order valence-electron chi connectivity index (χ2n) is 5.55. The standard InChI is InChI=1S/C16H25NO2/c1-4-5-13-8-9-17(11-13)12(2)14-6-7-15(18)16(10-14)19-3/h6-7,10,12-13,18H,4-5,8-9,11H2,1-3H3. The molecule has 3 heteroatoms. The van der Waals surface area contributed by atoms with E-state index in [1.807, 2.05) is 12.1 Å². The molecule has 0 spiro atoms. The Bertz CT molecular complexity index is 419. The van der Waals surface area contributed by atoms with Crippen molar-refractivity contribution in [2.45, 2.75) is 39.2 Å². The van der Waals surface area contributed by atoms with Crippen molar-refractivity contribution in [1.29, 1.82) is 0 Å². The molecular formula is C16H25NO2. The van der Waals surface area contributed by atoms with Crippen LogP contribution < -0.4 is 4.74 Å². The predicted octanol–water partition coefficient (Wildman–Crippen LogP) is 3.58. The van der Waals surface area contributed by atoms with Gasteiger partial charge in [0.1, 0.15) is 0 Å². The Morgan fingerprint density at radius 2 is 2.26 bits per heavy atom. The number of aromatic hydroxyl groups is 1. The van der Waals surface area contributed by atoms with Gasteiger partial charge in [0.15, 0.2) is 11.5 Å². The van der Waals surface area contributed by atoms with E-state index in [1.165, 1.54) is 37.9 Å². The van der Waals surface area contributed by atoms with E-state index in [-0.39, 0.29) is 5.75 Å². The van der Waals surface area contributed by atoms with Crippen molar-refractivity contribution >= 4 is 0 Å². The molecule has 1 fully saturated rings. The van der Waals surface area contributed by atoms with E-state index in [0.717, 1.165) is 5.92 Å². The summed E-state index contributed by atoms with van der Waals surface area (Å²) in [6.07, 6.45) is 3.93. The van der Waals surface area contributed by atoms with Crippen LogP contribution in [-0.2, 0) is 0 Å². The number of likely N-dealkylation sites (tertiary alicyclic amines) is 1. The van der Waals surface area contributed by atoms with E-state index in [0.29, 0.717) is 11.8 Å². The Labute approximate surface area is 116 Å². The third-order valence-corrected chi connectivity index (χ3v) is 4.25. The van der Waals surface area contributed by atoms with Crippen molar-refractivity contribution in [3.8, 4) is 11.5 Å². The fourth-order valence-corrected chi connectivity index (χ4v) is 3.02. The highest BCUT2D eigenvalue weighted by atomic mass is 16.5. The zero-order valence-electron chi connectivity index (χ0n) is 12.2. The van der Waals surface area contributed by atoms with Crippen molar-refractivity contribution in [2.75, 3.05) is 20.2 Å². The SMILES string of the molecule is CCCC1CCN(C(C)c2ccc(O)c(OC)c2)C1. The van der Waals surface area contributed by atoms with E-state index >= 15 is 0 Å². The molecule has 0 amide bonds. The summed E-state index contributed by atoms with van der Waals surface area (Å²) < 4.78 is 5.19. The number of hydrogen-bond acceptors (Lipinski definition) is 3. The second kappa shape index (κ2) is 6.29. The van der Waals surface area contributed by atoms with E-state index in [4.69, 9.17) is 4.74 Å². The highest BCUT2D eigenvalue weighted by Crippen LogP contribution is 2.33. The van der Waals surface area contributed by atoms with Crippen LogP contribution in [0.1, 0.15) is 44.7 Å². The largest absolute Gasteiger partial charge is 0.504 e. The van der Waals surface area contributed by atoms with Crippen LogP contribution in [-0.4, -0.2) is 30.2 Å². The minimum atomic E-state index is 0.212. The van der Waals surface area contributed by atoms with Gasteiger partial charge in [-0.3, -0.25) is 4.90 Å². The molecule has 1 aromatic carbocycles. The van der Waals surface area contributed by atoms with E-state index in [2.05, 4.69) is 18.7 Å². The number of methoxy groups -OCH3 is 1. The van der Waals surface area contributed by atoms with Crippen LogP contribution in [0.3, 0.4) is 0 Å². The monoisotopic (exact) mass is 263 g/mol. The minimum Gasteiger partial charge on any atom is -0.504 e. The van der Waals surface area contributed by atoms with Crippen LogP contribution in [0.15, 0.2) is 18.2 Å². The van der Waals surface area contributed by atoms with E-state index in [1.54, 1.807) is 13.2 Å². The minimum absolute atomic E-state index is 0.212. The van der Waals surface area contributed by atoms with E-state index in [9.17, 15) is 5.11 Å². The maximum absolute atomic E-state index is 9.66. The average molecular weight is 263 g/mol. The van der Waals surface area contributed by atoms with Gasteiger partial charge in [-0.1, -0.05) is 19.4 Å². The number of hydrogen-bond donors (Lipinski definition) is 1. The Morgan fingerprint density at radius 1 is 1.47 bits per heavy atom. The van der Waals surface area contributed by atoms with Gasteiger partial charge in [-0.05, 0) is 49.9 Å². The molecule has 0 radical (unpaired) electrons. The molecule has 1 aromatic rings. The normalized spacial score (nSPS) is 21.5. The van der Waals surface area contributed by atoms with Crippen molar-refractivity contribution < 1.29 is 9.84 Å². The zero-order chi connectivity index (χ0) is 13.8. The molecule has 0 aromatic heterocycles. The Hall–Kier alpha value is -1.22. The topological polar surface area (TPSA) is 32.7 Å². The number of phenols is 1. The predicted molar refractivity (Wildman–Crippen MR) is 77.7 cm³/mol. The van der Waals surface area contributed by atoms with Gasteiger partial charge in [-0.25, -0.2) is 0 Å². The highest BCUT2D eigenvalue weighted by molar-refractivity contribution is 5.42. The Balaban J connectivity index is 2.05. The van der Waals surface area contributed by atoms with Crippen molar-refractivity contribution in [2.24, 2.45) is 5.92 Å². The summed E-state index contributed by atoms with van der Waals surface area (Å²) in [5.41, 5.74) is 1.21. The van der Waals surface area contributed by atoms with Gasteiger partial charge >= 0.3 is 0 Å². The van der Waals surface area contributed by atoms with Crippen LogP contribution in [0.4, 0.5) is 0 Å². The van der Waals surface area contributed by atoms with Gasteiger partial charge < -0.3 is 9.84 Å². The van der Waals surface area contributed by atoms with Gasteiger partial charge in [0.25, 0.3) is 0 Å². The maximum Gasteiger partial charge on any atom is 0.160 e. The van der Waals surface area contributed by atoms with Crippen LogP contribution >= 0.6 is 0 Å². The third kappa shape index (κ3) is 3.21. The average Bonchev–Trinajstić information content (AvgIpc) is 2.87. The molecule has 2 rings (SSSR count). The molecule has 0 saturated carbocycles. The molecule has 1 aliphatic rings. The summed E-state index contributed by atoms with van der Waals surface area (Å²) in [7, 11) is 1.59. The number of benzene rings is 1. The van der Waals surface area contributed by atoms with Crippen LogP contribution in [0.2, 0.25) is 0 Å². The van der Waals surface area contributed by atoms with Crippen molar-refractivity contribution in [3.63, 3.8) is 0 Å². The second-order valence-corrected chi connectivity index (χ2v) is 5.55. The van der Waals surface area contributed by atoms with Crippen molar-refractivity contribution in [1.82, 2.24) is 4.90 Å². The summed E-state index contributed by atoms with van der Waals surface area (Å²) in [5.74, 6) is 1.63. The first-order valence-electron chi connectivity index (χ1n) is 7.26. The molecule has 1 N–H and O–H groups in total. The van der Waals surface area contributed by atoms with Gasteiger partial charge in [-0.2, -0.15) is 0 Å². The number of ether oxygens (including phenoxy) is 1. The summed E-state index contributed by atoms with van der Waals surface area (Å²) >= 11 is 0. The fraction of sp³-hybridized carbons (Fsp3) is 0.625. The molecule has 0 aliphatic carbocycles. The molecule has 1 aliphatic heterocycles. The van der Waals surface area contributed by atoms with Crippen molar-refractivity contribution in [3.05, 3.63) is 23.8 Å². The molecule has 19 heavy (non-hydrogen) atoms. The molecule has 2 unspecified atom stereocenters. The molecule has 1 heterocycles. The van der Waals surface area contributed by atoms with Gasteiger partial charge in [-0.15, -0.1) is 0 Å². The van der Waals surface area contributed by atoms with Crippen LogP contribution in [0.5, 0.6) is 11.5 Å². The van der Waals surface area contributed by atoms with Gasteiger partial charge in [0.05, 0.1) is 7.11 Å². The zero-order valence-corrected chi connectivity index (χ0v) is 12.2. The summed E-state index contributed by atoms with van der Waals surface area (Å²) in [5, 5.41) is 9.66. The number of phenolic OH excluding ortho intramolecular Hbond substituents is 1. The van der Waals surface area contributed by atoms with Crippen LogP contribution in [0.25, 0.3) is 0 Å². The fourth-order valence-electron chi connectivity index (χ4n) is 3.02. The lowest BCUT2D eigenvalue weighted by molar-refractivity contribution is 0.249. The maximum atomic E-state index is 9.66. The summed E-state index contributed by atoms with van der Waals surface area (Å²) in [6.45, 7) is 6.87. The molecule has 3 nitrogen and oxygen atoms in total. The van der Waals surface area contributed by atoms with E-state index < -0.39 is 0 Å². The lowest BCUT2D eigenvalue weighted by atomic mass is 10.0. The first kappa shape index (κ1) is 14.2. The number of nitrogens with zero attached hydrogens (tertiary/aromatic N) is 1. The third-order valence-electron chi connectivity index (χ3n) is 4.25. The summed E-state index contributed by atoms with van der Waals surface area (Å²) in [4.78, 5) is 2.53. The highest BCUT2D eigenvalue weighted by Gasteiger charge is 2.26. The molecule has 1 saturated heterocycles. The Kier molecular flexibility index (Phi) is 4.70. The lowest BCUT2D eigenvalue weighted by Gasteiger charge is -2.25. The smallest absolute Gasteiger partial charge is 0.160 e. The molecule has 2 atom stereocenters. The van der Waals surface area contributed by atoms with Gasteiger partial charge in [0.2, 0.25) is 0 Å².